The van der Waals surface area contributed by atoms with Gasteiger partial charge >= 0.3 is 5.97 Å². The Morgan fingerprint density at radius 3 is 2.41 bits per heavy atom. The SMILES string of the molecule is C=CCn1c(C)c(C(=O)N2CCC3(CC2)OCCO3)c(C)c1C(=O)OCC. The van der Waals surface area contributed by atoms with Crippen LogP contribution in [-0.2, 0) is 20.8 Å². The first-order valence-corrected chi connectivity index (χ1v) is 9.49. The second-order valence-electron chi connectivity index (χ2n) is 6.95. The van der Waals surface area contributed by atoms with Gasteiger partial charge in [-0.05, 0) is 26.3 Å². The molecule has 0 atom stereocenters. The van der Waals surface area contributed by atoms with Crippen molar-refractivity contribution < 1.29 is 23.8 Å². The zero-order valence-corrected chi connectivity index (χ0v) is 16.4. The molecule has 1 spiro atoms. The van der Waals surface area contributed by atoms with Crippen LogP contribution in [0.1, 0.15) is 51.9 Å². The van der Waals surface area contributed by atoms with Gasteiger partial charge in [0.05, 0.1) is 25.4 Å². The first kappa shape index (κ1) is 19.6. The highest BCUT2D eigenvalue weighted by Gasteiger charge is 2.41. The summed E-state index contributed by atoms with van der Waals surface area (Å²) < 4.78 is 18.5. The van der Waals surface area contributed by atoms with Crippen molar-refractivity contribution in [1.29, 1.82) is 0 Å². The van der Waals surface area contributed by atoms with Crippen molar-refractivity contribution in [3.05, 3.63) is 35.2 Å². The number of allylic oxidation sites excluding steroid dienone is 1. The maximum Gasteiger partial charge on any atom is 0.355 e. The summed E-state index contributed by atoms with van der Waals surface area (Å²) in [6.07, 6.45) is 3.03. The van der Waals surface area contributed by atoms with Crippen LogP contribution in [0.25, 0.3) is 0 Å². The van der Waals surface area contributed by atoms with E-state index in [2.05, 4.69) is 6.58 Å². The second-order valence-corrected chi connectivity index (χ2v) is 6.95. The van der Waals surface area contributed by atoms with Crippen LogP contribution >= 0.6 is 0 Å². The van der Waals surface area contributed by atoms with E-state index in [1.807, 2.05) is 16.4 Å². The molecule has 0 N–H and O–H groups in total. The number of amides is 1. The Morgan fingerprint density at radius 1 is 1.22 bits per heavy atom. The standard InChI is InChI=1S/C20H28N2O5/c1-5-9-22-15(4)16(14(3)17(22)19(24)25-6-2)18(23)21-10-7-20(8-11-21)26-12-13-27-20/h5H,1,6-13H2,2-4H3. The normalized spacial score (nSPS) is 18.7. The third kappa shape index (κ3) is 3.53. The Balaban J connectivity index is 1.87. The van der Waals surface area contributed by atoms with Gasteiger partial charge in [0.2, 0.25) is 0 Å². The van der Waals surface area contributed by atoms with Gasteiger partial charge in [0.1, 0.15) is 5.69 Å². The number of esters is 1. The first-order valence-electron chi connectivity index (χ1n) is 9.49. The molecule has 0 bridgehead atoms. The number of hydrogen-bond acceptors (Lipinski definition) is 5. The van der Waals surface area contributed by atoms with E-state index >= 15 is 0 Å². The molecule has 1 aromatic rings. The van der Waals surface area contributed by atoms with Crippen molar-refractivity contribution in [3.63, 3.8) is 0 Å². The lowest BCUT2D eigenvalue weighted by molar-refractivity contribution is -0.181. The minimum Gasteiger partial charge on any atom is -0.461 e. The minimum atomic E-state index is -0.522. The average Bonchev–Trinajstić information content (AvgIpc) is 3.19. The van der Waals surface area contributed by atoms with E-state index in [1.165, 1.54) is 0 Å². The van der Waals surface area contributed by atoms with E-state index in [0.29, 0.717) is 62.5 Å². The molecule has 0 aromatic carbocycles. The van der Waals surface area contributed by atoms with Crippen molar-refractivity contribution in [2.75, 3.05) is 32.9 Å². The zero-order chi connectivity index (χ0) is 19.6. The maximum absolute atomic E-state index is 13.2. The summed E-state index contributed by atoms with van der Waals surface area (Å²) in [5.74, 6) is -0.998. The quantitative estimate of drug-likeness (QED) is 0.583. The largest absolute Gasteiger partial charge is 0.461 e. The van der Waals surface area contributed by atoms with Crippen LogP contribution in [0, 0.1) is 13.8 Å². The molecule has 3 heterocycles. The number of likely N-dealkylation sites (tertiary alicyclic amines) is 1. The molecule has 27 heavy (non-hydrogen) atoms. The number of hydrogen-bond donors (Lipinski definition) is 0. The van der Waals surface area contributed by atoms with E-state index in [4.69, 9.17) is 14.2 Å². The van der Waals surface area contributed by atoms with Crippen LogP contribution in [0.15, 0.2) is 12.7 Å². The first-order chi connectivity index (χ1) is 12.9. The fraction of sp³-hybridized carbons (Fsp3) is 0.600. The monoisotopic (exact) mass is 376 g/mol. The molecular formula is C20H28N2O5. The molecule has 0 radical (unpaired) electrons. The van der Waals surface area contributed by atoms with Crippen molar-refractivity contribution in [3.8, 4) is 0 Å². The van der Waals surface area contributed by atoms with E-state index < -0.39 is 11.8 Å². The topological polar surface area (TPSA) is 70.0 Å². The van der Waals surface area contributed by atoms with E-state index in [-0.39, 0.29) is 12.5 Å². The molecule has 2 aliphatic heterocycles. The lowest BCUT2D eigenvalue weighted by atomic mass is 10.0. The van der Waals surface area contributed by atoms with Crippen LogP contribution in [-0.4, -0.2) is 60.0 Å². The highest BCUT2D eigenvalue weighted by molar-refractivity contribution is 6.01. The van der Waals surface area contributed by atoms with Crippen LogP contribution in [0.4, 0.5) is 0 Å². The van der Waals surface area contributed by atoms with Gasteiger partial charge in [0, 0.05) is 38.2 Å². The summed E-state index contributed by atoms with van der Waals surface area (Å²) in [6.45, 7) is 12.3. The Bertz CT molecular complexity index is 736. The van der Waals surface area contributed by atoms with Crippen LogP contribution in [0.2, 0.25) is 0 Å². The molecule has 148 valence electrons. The fourth-order valence-corrected chi connectivity index (χ4v) is 4.02. The third-order valence-corrected chi connectivity index (χ3v) is 5.39. The Morgan fingerprint density at radius 2 is 1.85 bits per heavy atom. The van der Waals surface area contributed by atoms with Crippen molar-refractivity contribution >= 4 is 11.9 Å². The number of nitrogens with zero attached hydrogens (tertiary/aromatic N) is 2. The van der Waals surface area contributed by atoms with Gasteiger partial charge in [-0.1, -0.05) is 6.08 Å². The number of piperidine rings is 1. The van der Waals surface area contributed by atoms with Gasteiger partial charge < -0.3 is 23.7 Å². The lowest BCUT2D eigenvalue weighted by Gasteiger charge is -2.37. The van der Waals surface area contributed by atoms with Gasteiger partial charge in [-0.2, -0.15) is 0 Å². The predicted molar refractivity (Wildman–Crippen MR) is 99.8 cm³/mol. The Hall–Kier alpha value is -2.12. The number of carbonyl (C=O) groups excluding carboxylic acids is 2. The molecular weight excluding hydrogens is 348 g/mol. The summed E-state index contributed by atoms with van der Waals surface area (Å²) in [7, 11) is 0. The summed E-state index contributed by atoms with van der Waals surface area (Å²) in [4.78, 5) is 27.5. The van der Waals surface area contributed by atoms with Gasteiger partial charge in [-0.3, -0.25) is 4.79 Å². The molecule has 2 fully saturated rings. The zero-order valence-electron chi connectivity index (χ0n) is 16.4. The summed E-state index contributed by atoms with van der Waals surface area (Å²) in [5.41, 5.74) is 2.42. The lowest BCUT2D eigenvalue weighted by Crippen LogP contribution is -2.47. The van der Waals surface area contributed by atoms with Crippen molar-refractivity contribution in [1.82, 2.24) is 9.47 Å². The molecule has 0 saturated carbocycles. The van der Waals surface area contributed by atoms with E-state index in [0.717, 1.165) is 5.69 Å². The summed E-state index contributed by atoms with van der Waals surface area (Å²) in [6, 6.07) is 0. The average molecular weight is 376 g/mol. The molecule has 0 aliphatic carbocycles. The van der Waals surface area contributed by atoms with Gasteiger partial charge in [0.25, 0.3) is 5.91 Å². The Labute approximate surface area is 159 Å². The fourth-order valence-electron chi connectivity index (χ4n) is 4.02. The number of rotatable bonds is 5. The molecule has 2 saturated heterocycles. The van der Waals surface area contributed by atoms with Gasteiger partial charge in [0.15, 0.2) is 5.79 Å². The van der Waals surface area contributed by atoms with E-state index in [1.54, 1.807) is 19.9 Å². The molecule has 7 nitrogen and oxygen atoms in total. The summed E-state index contributed by atoms with van der Waals surface area (Å²) in [5, 5.41) is 0. The molecule has 7 heteroatoms. The van der Waals surface area contributed by atoms with Crippen LogP contribution in [0.5, 0.6) is 0 Å². The van der Waals surface area contributed by atoms with Gasteiger partial charge in [-0.15, -0.1) is 6.58 Å². The molecule has 3 rings (SSSR count). The molecule has 1 aromatic heterocycles. The predicted octanol–water partition coefficient (Wildman–Crippen LogP) is 2.45. The number of carbonyl (C=O) groups is 2. The maximum atomic E-state index is 13.2. The smallest absolute Gasteiger partial charge is 0.355 e. The van der Waals surface area contributed by atoms with Gasteiger partial charge in [-0.25, -0.2) is 4.79 Å². The number of aromatic nitrogens is 1. The summed E-state index contributed by atoms with van der Waals surface area (Å²) >= 11 is 0. The minimum absolute atomic E-state index is 0.0637. The van der Waals surface area contributed by atoms with Crippen LogP contribution < -0.4 is 0 Å². The molecule has 1 amide bonds. The number of ether oxygens (including phenoxy) is 3. The van der Waals surface area contributed by atoms with Crippen molar-refractivity contribution in [2.24, 2.45) is 0 Å². The highest BCUT2D eigenvalue weighted by Crippen LogP contribution is 2.33. The van der Waals surface area contributed by atoms with Crippen LogP contribution in [0.3, 0.4) is 0 Å². The molecule has 2 aliphatic rings. The second kappa shape index (κ2) is 7.86. The molecule has 0 unspecified atom stereocenters. The third-order valence-electron chi connectivity index (χ3n) is 5.39. The highest BCUT2D eigenvalue weighted by atomic mass is 16.7. The van der Waals surface area contributed by atoms with Crippen molar-refractivity contribution in [2.45, 2.75) is 45.9 Å². The van der Waals surface area contributed by atoms with E-state index in [9.17, 15) is 9.59 Å². The Kier molecular flexibility index (Phi) is 5.72.